The van der Waals surface area contributed by atoms with Crippen LogP contribution in [0.15, 0.2) is 0 Å². The summed E-state index contributed by atoms with van der Waals surface area (Å²) < 4.78 is 10.2. The number of nitrogens with one attached hydrogen (secondary N) is 1. The Labute approximate surface area is 101 Å². The molecule has 0 atom stereocenters. The molecule has 0 saturated heterocycles. The number of ether oxygens (including phenoxy) is 2. The number of rotatable bonds is 11. The summed E-state index contributed by atoms with van der Waals surface area (Å²) in [6.45, 7) is 3.34. The predicted molar refractivity (Wildman–Crippen MR) is 61.6 cm³/mol. The molecule has 0 heterocycles. The van der Waals surface area contributed by atoms with Gasteiger partial charge in [0.25, 0.3) is 0 Å². The fourth-order valence-corrected chi connectivity index (χ4v) is 0.961. The van der Waals surface area contributed by atoms with Crippen molar-refractivity contribution in [2.45, 2.75) is 19.8 Å². The highest BCUT2D eigenvalue weighted by Gasteiger charge is 1.99. The van der Waals surface area contributed by atoms with Crippen molar-refractivity contribution in [2.75, 3.05) is 39.6 Å². The van der Waals surface area contributed by atoms with Gasteiger partial charge in [0, 0.05) is 19.4 Å². The van der Waals surface area contributed by atoms with E-state index in [2.05, 4.69) is 5.32 Å². The van der Waals surface area contributed by atoms with Crippen LogP contribution in [0.2, 0.25) is 0 Å². The van der Waals surface area contributed by atoms with Crippen LogP contribution in [0.4, 0.5) is 0 Å². The van der Waals surface area contributed by atoms with Crippen LogP contribution >= 0.6 is 0 Å². The largest absolute Gasteiger partial charge is 0.396 e. The van der Waals surface area contributed by atoms with E-state index in [1.807, 2.05) is 0 Å². The molecule has 0 aliphatic heterocycles. The Morgan fingerprint density at radius 3 is 2.53 bits per heavy atom. The second kappa shape index (κ2) is 11.5. The SMILES string of the molecule is CCC(=O)COCCOCCNC(=O)CCO. The van der Waals surface area contributed by atoms with Crippen LogP contribution in [0.1, 0.15) is 19.8 Å². The van der Waals surface area contributed by atoms with Crippen LogP contribution in [0, 0.1) is 0 Å². The van der Waals surface area contributed by atoms with Crippen molar-refractivity contribution in [3.8, 4) is 0 Å². The zero-order valence-electron chi connectivity index (χ0n) is 10.2. The molecule has 0 aromatic rings. The van der Waals surface area contributed by atoms with Gasteiger partial charge in [0.15, 0.2) is 5.78 Å². The average molecular weight is 247 g/mol. The van der Waals surface area contributed by atoms with E-state index in [0.29, 0.717) is 32.8 Å². The lowest BCUT2D eigenvalue weighted by Crippen LogP contribution is -2.28. The monoisotopic (exact) mass is 247 g/mol. The Balaban J connectivity index is 3.13. The third-order valence-corrected chi connectivity index (χ3v) is 1.94. The van der Waals surface area contributed by atoms with E-state index >= 15 is 0 Å². The number of ketones is 1. The number of aliphatic hydroxyl groups is 1. The summed E-state index contributed by atoms with van der Waals surface area (Å²) in [4.78, 5) is 21.7. The summed E-state index contributed by atoms with van der Waals surface area (Å²) >= 11 is 0. The first-order valence-corrected chi connectivity index (χ1v) is 5.75. The molecule has 0 radical (unpaired) electrons. The second-order valence-electron chi connectivity index (χ2n) is 3.38. The van der Waals surface area contributed by atoms with Gasteiger partial charge in [-0.3, -0.25) is 9.59 Å². The summed E-state index contributed by atoms with van der Waals surface area (Å²) in [5.74, 6) is -0.123. The molecule has 0 unspecified atom stereocenters. The van der Waals surface area contributed by atoms with Crippen LogP contribution in [-0.4, -0.2) is 56.4 Å². The third-order valence-electron chi connectivity index (χ3n) is 1.94. The first-order chi connectivity index (χ1) is 8.20. The van der Waals surface area contributed by atoms with Gasteiger partial charge in [0.2, 0.25) is 5.91 Å². The predicted octanol–water partition coefficient (Wildman–Crippen LogP) is -0.503. The normalized spacial score (nSPS) is 10.2. The Morgan fingerprint density at radius 1 is 1.18 bits per heavy atom. The van der Waals surface area contributed by atoms with E-state index in [0.717, 1.165) is 0 Å². The second-order valence-corrected chi connectivity index (χ2v) is 3.38. The Kier molecular flexibility index (Phi) is 10.8. The molecule has 2 N–H and O–H groups in total. The quantitative estimate of drug-likeness (QED) is 0.481. The number of hydrogen-bond acceptors (Lipinski definition) is 5. The topological polar surface area (TPSA) is 84.9 Å². The first-order valence-electron chi connectivity index (χ1n) is 5.75. The van der Waals surface area contributed by atoms with Gasteiger partial charge in [-0.15, -0.1) is 0 Å². The van der Waals surface area contributed by atoms with Crippen LogP contribution in [0.3, 0.4) is 0 Å². The minimum atomic E-state index is -0.194. The first kappa shape index (κ1) is 16.0. The number of Topliss-reactive ketones (excluding diaryl/α,β-unsaturated/α-hetero) is 1. The highest BCUT2D eigenvalue weighted by molar-refractivity contribution is 5.79. The summed E-state index contributed by atoms with van der Waals surface area (Å²) in [6, 6.07) is 0. The minimum Gasteiger partial charge on any atom is -0.396 e. The Morgan fingerprint density at radius 2 is 1.88 bits per heavy atom. The number of hydrogen-bond donors (Lipinski definition) is 2. The van der Waals surface area contributed by atoms with Crippen molar-refractivity contribution in [2.24, 2.45) is 0 Å². The Hall–Kier alpha value is -0.980. The fourth-order valence-electron chi connectivity index (χ4n) is 0.961. The number of aliphatic hydroxyl groups excluding tert-OH is 1. The van der Waals surface area contributed by atoms with E-state index in [4.69, 9.17) is 14.6 Å². The highest BCUT2D eigenvalue weighted by atomic mass is 16.5. The van der Waals surface area contributed by atoms with Crippen LogP contribution in [0.25, 0.3) is 0 Å². The molecule has 0 aliphatic rings. The van der Waals surface area contributed by atoms with Gasteiger partial charge in [0.1, 0.15) is 6.61 Å². The molecule has 0 fully saturated rings. The lowest BCUT2D eigenvalue weighted by atomic mass is 10.3. The fraction of sp³-hybridized carbons (Fsp3) is 0.818. The van der Waals surface area contributed by atoms with Gasteiger partial charge in [-0.1, -0.05) is 6.92 Å². The summed E-state index contributed by atoms with van der Waals surface area (Å²) in [6.07, 6.45) is 0.597. The molecule has 0 rings (SSSR count). The van der Waals surface area contributed by atoms with Crippen LogP contribution < -0.4 is 5.32 Å². The van der Waals surface area contributed by atoms with Gasteiger partial charge in [-0.25, -0.2) is 0 Å². The molecule has 17 heavy (non-hydrogen) atoms. The zero-order chi connectivity index (χ0) is 12.9. The molecule has 6 heteroatoms. The van der Waals surface area contributed by atoms with Crippen molar-refractivity contribution in [1.29, 1.82) is 0 Å². The minimum absolute atomic E-state index is 0.0706. The molecule has 0 saturated carbocycles. The molecular weight excluding hydrogens is 226 g/mol. The molecule has 100 valence electrons. The van der Waals surface area contributed by atoms with Gasteiger partial charge in [-0.2, -0.15) is 0 Å². The van der Waals surface area contributed by atoms with Gasteiger partial charge in [0.05, 0.1) is 26.4 Å². The molecule has 0 aliphatic carbocycles. The van der Waals surface area contributed by atoms with Crippen LogP contribution in [0.5, 0.6) is 0 Å². The number of carbonyl (C=O) groups is 2. The van der Waals surface area contributed by atoms with Crippen molar-refractivity contribution in [1.82, 2.24) is 5.32 Å². The van der Waals surface area contributed by atoms with E-state index in [-0.39, 0.29) is 31.3 Å². The number of carbonyl (C=O) groups excluding carboxylic acids is 2. The highest BCUT2D eigenvalue weighted by Crippen LogP contribution is 1.84. The summed E-state index contributed by atoms with van der Waals surface area (Å²) in [5.41, 5.74) is 0. The maximum atomic E-state index is 10.9. The lowest BCUT2D eigenvalue weighted by Gasteiger charge is -2.06. The van der Waals surface area contributed by atoms with E-state index in [9.17, 15) is 9.59 Å². The number of amides is 1. The molecule has 6 nitrogen and oxygen atoms in total. The third kappa shape index (κ3) is 11.3. The van der Waals surface area contributed by atoms with Gasteiger partial charge >= 0.3 is 0 Å². The molecular formula is C11H21NO5. The average Bonchev–Trinajstić information content (AvgIpc) is 2.32. The molecule has 0 aromatic heterocycles. The van der Waals surface area contributed by atoms with Crippen molar-refractivity contribution in [3.05, 3.63) is 0 Å². The Bertz CT molecular complexity index is 220. The van der Waals surface area contributed by atoms with Crippen molar-refractivity contribution >= 4 is 11.7 Å². The summed E-state index contributed by atoms with van der Waals surface area (Å²) in [5, 5.41) is 11.0. The molecule has 0 spiro atoms. The maximum Gasteiger partial charge on any atom is 0.222 e. The zero-order valence-corrected chi connectivity index (χ0v) is 10.2. The van der Waals surface area contributed by atoms with E-state index in [1.165, 1.54) is 0 Å². The van der Waals surface area contributed by atoms with Gasteiger partial charge < -0.3 is 19.9 Å². The molecule has 0 bridgehead atoms. The maximum absolute atomic E-state index is 10.9. The molecule has 1 amide bonds. The molecule has 0 aromatic carbocycles. The van der Waals surface area contributed by atoms with E-state index in [1.54, 1.807) is 6.92 Å². The van der Waals surface area contributed by atoms with Gasteiger partial charge in [-0.05, 0) is 0 Å². The standard InChI is InChI=1S/C11H21NO5/c1-2-10(14)9-17-8-7-16-6-4-12-11(15)3-5-13/h13H,2-9H2,1H3,(H,12,15). The van der Waals surface area contributed by atoms with Crippen LogP contribution in [-0.2, 0) is 19.1 Å². The van der Waals surface area contributed by atoms with E-state index < -0.39 is 0 Å². The summed E-state index contributed by atoms with van der Waals surface area (Å²) in [7, 11) is 0. The smallest absolute Gasteiger partial charge is 0.222 e. The van der Waals surface area contributed by atoms with Crippen molar-refractivity contribution < 1.29 is 24.2 Å². The lowest BCUT2D eigenvalue weighted by molar-refractivity contribution is -0.124. The van der Waals surface area contributed by atoms with Crippen molar-refractivity contribution in [3.63, 3.8) is 0 Å².